The van der Waals surface area contributed by atoms with Crippen molar-refractivity contribution in [1.29, 1.82) is 0 Å². The molecule has 1 N–H and O–H groups in total. The number of nitrogens with one attached hydrogen (secondary N) is 1. The molecule has 0 radical (unpaired) electrons. The van der Waals surface area contributed by atoms with Crippen molar-refractivity contribution in [3.8, 4) is 5.75 Å². The summed E-state index contributed by atoms with van der Waals surface area (Å²) in [4.78, 5) is 7.50. The van der Waals surface area contributed by atoms with Crippen molar-refractivity contribution >= 4 is 22.1 Å². The van der Waals surface area contributed by atoms with Gasteiger partial charge in [0.25, 0.3) is 0 Å². The molecule has 0 saturated heterocycles. The standard InChI is InChI=1S/C18H26N2O3S/c1-11(2)14-7-5-12(3)9-17(14)23-24(21)18-19-15-8-6-13(22-4)10-16(15)20-18/h6,8,10-12,14,17H,5,7,9H2,1-4H3,(H,19,20)/t12?,14?,17?,24-/m1/s1. The predicted molar refractivity (Wildman–Crippen MR) is 95.3 cm³/mol. The van der Waals surface area contributed by atoms with E-state index < -0.39 is 11.1 Å². The van der Waals surface area contributed by atoms with Crippen LogP contribution in [0.25, 0.3) is 11.0 Å². The number of aromatic amines is 1. The van der Waals surface area contributed by atoms with Gasteiger partial charge in [-0.15, -0.1) is 0 Å². The summed E-state index contributed by atoms with van der Waals surface area (Å²) >= 11 is -1.58. The number of hydrogen-bond acceptors (Lipinski definition) is 4. The van der Waals surface area contributed by atoms with Crippen molar-refractivity contribution in [1.82, 2.24) is 9.97 Å². The molecular formula is C18H26N2O3S. The van der Waals surface area contributed by atoms with Gasteiger partial charge in [0, 0.05) is 6.07 Å². The Hall–Kier alpha value is -1.40. The Morgan fingerprint density at radius 2 is 2.12 bits per heavy atom. The van der Waals surface area contributed by atoms with Gasteiger partial charge < -0.3 is 9.72 Å². The number of hydrogen-bond donors (Lipinski definition) is 1. The first-order valence-corrected chi connectivity index (χ1v) is 9.68. The van der Waals surface area contributed by atoms with Crippen LogP contribution >= 0.6 is 0 Å². The van der Waals surface area contributed by atoms with Gasteiger partial charge in [0.1, 0.15) is 5.75 Å². The van der Waals surface area contributed by atoms with Gasteiger partial charge in [-0.1, -0.05) is 27.2 Å². The first-order chi connectivity index (χ1) is 11.5. The largest absolute Gasteiger partial charge is 0.497 e. The summed E-state index contributed by atoms with van der Waals surface area (Å²) < 4.78 is 23.8. The molecule has 1 aliphatic carbocycles. The highest BCUT2D eigenvalue weighted by atomic mass is 32.2. The Morgan fingerprint density at radius 1 is 1.33 bits per heavy atom. The molecule has 1 aromatic heterocycles. The molecule has 4 atom stereocenters. The van der Waals surface area contributed by atoms with Gasteiger partial charge in [-0.25, -0.2) is 9.19 Å². The normalized spacial score (nSPS) is 26.0. The lowest BCUT2D eigenvalue weighted by Crippen LogP contribution is -2.34. The van der Waals surface area contributed by atoms with Crippen molar-refractivity contribution in [3.05, 3.63) is 18.2 Å². The second kappa shape index (κ2) is 7.23. The van der Waals surface area contributed by atoms with Crippen molar-refractivity contribution in [2.45, 2.75) is 51.3 Å². The van der Waals surface area contributed by atoms with Gasteiger partial charge in [0.2, 0.25) is 16.2 Å². The second-order valence-electron chi connectivity index (χ2n) is 7.12. The minimum atomic E-state index is -1.58. The molecule has 3 rings (SSSR count). The Morgan fingerprint density at radius 3 is 2.83 bits per heavy atom. The molecule has 1 fully saturated rings. The second-order valence-corrected chi connectivity index (χ2v) is 8.17. The minimum absolute atomic E-state index is 0.0253. The zero-order valence-corrected chi connectivity index (χ0v) is 15.6. The van der Waals surface area contributed by atoms with Crippen LogP contribution in [0.2, 0.25) is 0 Å². The highest BCUT2D eigenvalue weighted by molar-refractivity contribution is 7.80. The smallest absolute Gasteiger partial charge is 0.226 e. The fourth-order valence-electron chi connectivity index (χ4n) is 3.55. The van der Waals surface area contributed by atoms with Crippen molar-refractivity contribution in [2.24, 2.45) is 17.8 Å². The number of aromatic nitrogens is 2. The maximum Gasteiger partial charge on any atom is 0.226 e. The molecule has 24 heavy (non-hydrogen) atoms. The molecule has 1 saturated carbocycles. The van der Waals surface area contributed by atoms with E-state index in [1.165, 1.54) is 6.42 Å². The molecule has 0 amide bonds. The van der Waals surface area contributed by atoms with Crippen LogP contribution < -0.4 is 4.74 Å². The quantitative estimate of drug-likeness (QED) is 0.883. The van der Waals surface area contributed by atoms with Gasteiger partial charge in [0.15, 0.2) is 0 Å². The van der Waals surface area contributed by atoms with Crippen molar-refractivity contribution < 1.29 is 13.1 Å². The monoisotopic (exact) mass is 350 g/mol. The summed E-state index contributed by atoms with van der Waals surface area (Å²) in [7, 11) is 1.62. The summed E-state index contributed by atoms with van der Waals surface area (Å²) in [6, 6.07) is 5.54. The van der Waals surface area contributed by atoms with Crippen LogP contribution in [0.4, 0.5) is 0 Å². The molecule has 1 heterocycles. The van der Waals surface area contributed by atoms with Crippen molar-refractivity contribution in [3.63, 3.8) is 0 Å². The van der Waals surface area contributed by atoms with Crippen LogP contribution in [0.5, 0.6) is 5.75 Å². The number of imidazole rings is 1. The number of methoxy groups -OCH3 is 1. The summed E-state index contributed by atoms with van der Waals surface area (Å²) in [5.41, 5.74) is 1.57. The summed E-state index contributed by atoms with van der Waals surface area (Å²) in [6.07, 6.45) is 3.35. The van der Waals surface area contributed by atoms with Crippen LogP contribution in [0.1, 0.15) is 40.0 Å². The molecule has 3 unspecified atom stereocenters. The number of ether oxygens (including phenoxy) is 1. The van der Waals surface area contributed by atoms with Gasteiger partial charge in [-0.05, 0) is 42.7 Å². The molecule has 6 heteroatoms. The van der Waals surface area contributed by atoms with E-state index in [2.05, 4.69) is 30.7 Å². The predicted octanol–water partition coefficient (Wildman–Crippen LogP) is 4.07. The van der Waals surface area contributed by atoms with E-state index in [0.29, 0.717) is 22.9 Å². The fraction of sp³-hybridized carbons (Fsp3) is 0.611. The number of fused-ring (bicyclic) bond motifs is 1. The van der Waals surface area contributed by atoms with E-state index in [9.17, 15) is 4.21 Å². The molecule has 0 spiro atoms. The Bertz CT molecular complexity index is 728. The molecule has 132 valence electrons. The molecule has 0 aliphatic heterocycles. The van der Waals surface area contributed by atoms with E-state index in [0.717, 1.165) is 29.6 Å². The Balaban J connectivity index is 1.78. The van der Waals surface area contributed by atoms with Crippen LogP contribution in [0.3, 0.4) is 0 Å². The van der Waals surface area contributed by atoms with Crippen LogP contribution in [0.15, 0.2) is 23.4 Å². The fourth-order valence-corrected chi connectivity index (χ4v) is 4.46. The van der Waals surface area contributed by atoms with E-state index in [1.54, 1.807) is 7.11 Å². The highest BCUT2D eigenvalue weighted by Crippen LogP contribution is 2.36. The highest BCUT2D eigenvalue weighted by Gasteiger charge is 2.33. The minimum Gasteiger partial charge on any atom is -0.497 e. The lowest BCUT2D eigenvalue weighted by atomic mass is 9.75. The van der Waals surface area contributed by atoms with Crippen LogP contribution in [0, 0.1) is 17.8 Å². The first kappa shape index (κ1) is 17.4. The van der Waals surface area contributed by atoms with Gasteiger partial charge in [-0.3, -0.25) is 4.18 Å². The molecule has 1 aromatic carbocycles. The lowest BCUT2D eigenvalue weighted by molar-refractivity contribution is 0.0563. The maximum atomic E-state index is 12.7. The summed E-state index contributed by atoms with van der Waals surface area (Å²) in [5.74, 6) is 2.33. The van der Waals surface area contributed by atoms with E-state index >= 15 is 0 Å². The van der Waals surface area contributed by atoms with Crippen LogP contribution in [-0.2, 0) is 15.3 Å². The zero-order chi connectivity index (χ0) is 17.3. The molecule has 5 nitrogen and oxygen atoms in total. The average Bonchev–Trinajstić information content (AvgIpc) is 2.97. The zero-order valence-electron chi connectivity index (χ0n) is 14.7. The summed E-state index contributed by atoms with van der Waals surface area (Å²) in [5, 5.41) is 0.374. The number of rotatable bonds is 5. The Kier molecular flexibility index (Phi) is 5.25. The third kappa shape index (κ3) is 3.64. The number of benzene rings is 1. The van der Waals surface area contributed by atoms with E-state index in [1.807, 2.05) is 18.2 Å². The van der Waals surface area contributed by atoms with E-state index in [4.69, 9.17) is 8.92 Å². The van der Waals surface area contributed by atoms with Crippen LogP contribution in [-0.4, -0.2) is 27.4 Å². The molecule has 2 aromatic rings. The first-order valence-electron chi connectivity index (χ1n) is 8.60. The number of H-pyrrole nitrogens is 1. The Labute approximate surface area is 145 Å². The topological polar surface area (TPSA) is 64.2 Å². The van der Waals surface area contributed by atoms with Gasteiger partial charge in [-0.2, -0.15) is 0 Å². The SMILES string of the molecule is COc1ccc2nc([S@](=O)OC3CC(C)CCC3C(C)C)[nH]c2c1. The van der Waals surface area contributed by atoms with Crippen molar-refractivity contribution in [2.75, 3.05) is 7.11 Å². The summed E-state index contributed by atoms with van der Waals surface area (Å²) in [6.45, 7) is 6.67. The third-order valence-corrected chi connectivity index (χ3v) is 5.93. The average molecular weight is 350 g/mol. The number of nitrogens with zero attached hydrogens (tertiary/aromatic N) is 1. The molecule has 1 aliphatic rings. The maximum absolute atomic E-state index is 12.7. The van der Waals surface area contributed by atoms with Gasteiger partial charge >= 0.3 is 0 Å². The van der Waals surface area contributed by atoms with E-state index in [-0.39, 0.29) is 6.10 Å². The third-order valence-electron chi connectivity index (χ3n) is 5.00. The lowest BCUT2D eigenvalue weighted by Gasteiger charge is -2.36. The molecular weight excluding hydrogens is 324 g/mol. The molecule has 0 bridgehead atoms. The van der Waals surface area contributed by atoms with Gasteiger partial charge in [0.05, 0.1) is 24.2 Å².